The summed E-state index contributed by atoms with van der Waals surface area (Å²) in [4.78, 5) is 0. The molecule has 110 valence electrons. The largest absolute Gasteiger partial charge is 0.397 e. The first-order chi connectivity index (χ1) is 8.53. The molecule has 0 aromatic heterocycles. The first-order valence-corrected chi connectivity index (χ1v) is 9.37. The van der Waals surface area contributed by atoms with Crippen LogP contribution in [0, 0.1) is 0 Å². The summed E-state index contributed by atoms with van der Waals surface area (Å²) in [6.07, 6.45) is 2.52. The number of hydrogen-bond donors (Lipinski definition) is 0. The molecule has 4 heteroatoms. The second kappa shape index (κ2) is 9.95. The Morgan fingerprint density at radius 1 is 1.00 bits per heavy atom. The lowest BCUT2D eigenvalue weighted by Crippen LogP contribution is -2.50. The molecule has 0 fully saturated rings. The van der Waals surface area contributed by atoms with Crippen molar-refractivity contribution in [3.63, 3.8) is 0 Å². The van der Waals surface area contributed by atoms with Gasteiger partial charge in [0.15, 0.2) is 0 Å². The molecular formula is C14H34NO2Si+. The van der Waals surface area contributed by atoms with E-state index in [0.717, 1.165) is 25.3 Å². The third kappa shape index (κ3) is 6.32. The van der Waals surface area contributed by atoms with E-state index in [9.17, 15) is 0 Å². The average molecular weight is 277 g/mol. The van der Waals surface area contributed by atoms with Gasteiger partial charge in [-0.2, -0.15) is 0 Å². The van der Waals surface area contributed by atoms with Crippen LogP contribution < -0.4 is 0 Å². The highest BCUT2D eigenvalue weighted by molar-refractivity contribution is 6.44. The molecule has 3 nitrogen and oxygen atoms in total. The maximum Gasteiger partial charge on any atom is 0.321 e. The lowest BCUT2D eigenvalue weighted by atomic mass is 10.1. The van der Waals surface area contributed by atoms with Crippen LogP contribution in [0.25, 0.3) is 0 Å². The molecule has 0 N–H and O–H groups in total. The van der Waals surface area contributed by atoms with Gasteiger partial charge in [-0.05, 0) is 53.5 Å². The van der Waals surface area contributed by atoms with Gasteiger partial charge in [0.2, 0.25) is 0 Å². The molecule has 0 bridgehead atoms. The summed E-state index contributed by atoms with van der Waals surface area (Å²) >= 11 is 0. The van der Waals surface area contributed by atoms with Crippen LogP contribution in [0.4, 0.5) is 0 Å². The van der Waals surface area contributed by atoms with Crippen LogP contribution in [0.1, 0.15) is 47.5 Å². The van der Waals surface area contributed by atoms with Crippen molar-refractivity contribution in [2.75, 3.05) is 33.4 Å². The predicted octanol–water partition coefficient (Wildman–Crippen LogP) is 2.94. The maximum atomic E-state index is 5.71. The monoisotopic (exact) mass is 276 g/mol. The van der Waals surface area contributed by atoms with Gasteiger partial charge in [0.25, 0.3) is 0 Å². The molecular weight excluding hydrogens is 242 g/mol. The van der Waals surface area contributed by atoms with Crippen LogP contribution >= 0.6 is 0 Å². The van der Waals surface area contributed by atoms with E-state index in [-0.39, 0.29) is 0 Å². The Bertz CT molecular complexity index is 192. The Morgan fingerprint density at radius 3 is 1.89 bits per heavy atom. The van der Waals surface area contributed by atoms with Gasteiger partial charge in [-0.25, -0.2) is 0 Å². The first-order valence-electron chi connectivity index (χ1n) is 7.61. The average Bonchev–Trinajstić information content (AvgIpc) is 2.38. The molecule has 1 unspecified atom stereocenters. The molecule has 0 aromatic carbocycles. The van der Waals surface area contributed by atoms with Gasteiger partial charge < -0.3 is 13.3 Å². The third-order valence-electron chi connectivity index (χ3n) is 4.28. The first kappa shape index (κ1) is 18.1. The summed E-state index contributed by atoms with van der Waals surface area (Å²) in [5.41, 5.74) is 0. The van der Waals surface area contributed by atoms with E-state index in [4.69, 9.17) is 8.85 Å². The molecule has 0 saturated carbocycles. The molecule has 0 saturated heterocycles. The van der Waals surface area contributed by atoms with Crippen LogP contribution in [0.3, 0.4) is 0 Å². The molecule has 0 aromatic rings. The van der Waals surface area contributed by atoms with Gasteiger partial charge in [0.1, 0.15) is 0 Å². The fourth-order valence-corrected chi connectivity index (χ4v) is 4.07. The summed E-state index contributed by atoms with van der Waals surface area (Å²) in [6.45, 7) is 15.1. The van der Waals surface area contributed by atoms with Gasteiger partial charge in [-0.3, -0.25) is 0 Å². The van der Waals surface area contributed by atoms with Gasteiger partial charge in [-0.1, -0.05) is 0 Å². The standard InChI is InChI=1S/C14H34NO2Si/c1-7-15(6,8-2)14(5)12-11-13-18(16-9-3)17-10-4/h14,18H,7-13H2,1-6H3/q+1. The summed E-state index contributed by atoms with van der Waals surface area (Å²) < 4.78 is 12.6. The van der Waals surface area contributed by atoms with E-state index in [0.29, 0.717) is 0 Å². The van der Waals surface area contributed by atoms with Crippen LogP contribution in [0.2, 0.25) is 6.04 Å². The molecule has 1 atom stereocenters. The van der Waals surface area contributed by atoms with E-state index >= 15 is 0 Å². The van der Waals surface area contributed by atoms with Crippen LogP contribution in [0.15, 0.2) is 0 Å². The summed E-state index contributed by atoms with van der Waals surface area (Å²) in [7, 11) is 0.994. The normalized spacial score (nSPS) is 14.2. The molecule has 0 radical (unpaired) electrons. The fraction of sp³-hybridized carbons (Fsp3) is 1.00. The lowest BCUT2D eigenvalue weighted by molar-refractivity contribution is -0.928. The van der Waals surface area contributed by atoms with E-state index in [2.05, 4.69) is 41.7 Å². The maximum absolute atomic E-state index is 5.71. The van der Waals surface area contributed by atoms with Crippen molar-refractivity contribution < 1.29 is 13.3 Å². The zero-order valence-electron chi connectivity index (χ0n) is 13.4. The summed E-state index contributed by atoms with van der Waals surface area (Å²) in [5.74, 6) is 0. The Kier molecular flexibility index (Phi) is 10.0. The second-order valence-electron chi connectivity index (χ2n) is 5.23. The molecule has 0 spiro atoms. The van der Waals surface area contributed by atoms with Crippen molar-refractivity contribution >= 4 is 9.28 Å². The Morgan fingerprint density at radius 2 is 1.50 bits per heavy atom. The number of rotatable bonds is 11. The van der Waals surface area contributed by atoms with Crippen LogP contribution in [-0.4, -0.2) is 53.2 Å². The highest BCUT2D eigenvalue weighted by Crippen LogP contribution is 2.17. The minimum Gasteiger partial charge on any atom is -0.397 e. The molecule has 0 aliphatic heterocycles. The smallest absolute Gasteiger partial charge is 0.321 e. The Labute approximate surface area is 116 Å². The van der Waals surface area contributed by atoms with Crippen molar-refractivity contribution in [3.8, 4) is 0 Å². The minimum absolute atomic E-state index is 0.734. The van der Waals surface area contributed by atoms with E-state index in [1.54, 1.807) is 0 Å². The number of nitrogens with zero attached hydrogens (tertiary/aromatic N) is 1. The van der Waals surface area contributed by atoms with Crippen LogP contribution in [0.5, 0.6) is 0 Å². The quantitative estimate of drug-likeness (QED) is 0.427. The van der Waals surface area contributed by atoms with Gasteiger partial charge in [0.05, 0.1) is 26.2 Å². The van der Waals surface area contributed by atoms with Crippen molar-refractivity contribution in [3.05, 3.63) is 0 Å². The van der Waals surface area contributed by atoms with E-state index in [1.807, 2.05) is 0 Å². The van der Waals surface area contributed by atoms with Crippen molar-refractivity contribution in [1.29, 1.82) is 0 Å². The van der Waals surface area contributed by atoms with Gasteiger partial charge >= 0.3 is 9.28 Å². The van der Waals surface area contributed by atoms with Crippen LogP contribution in [-0.2, 0) is 8.85 Å². The molecule has 0 heterocycles. The Balaban J connectivity index is 4.00. The fourth-order valence-electron chi connectivity index (χ4n) is 2.33. The van der Waals surface area contributed by atoms with E-state index < -0.39 is 9.28 Å². The molecule has 0 aliphatic carbocycles. The SMILES string of the molecule is CCO[SiH](CCCC(C)[N+](C)(CC)CC)OCC. The van der Waals surface area contributed by atoms with E-state index in [1.165, 1.54) is 30.4 Å². The highest BCUT2D eigenvalue weighted by atomic mass is 28.3. The lowest BCUT2D eigenvalue weighted by Gasteiger charge is -2.38. The second-order valence-corrected chi connectivity index (χ2v) is 7.34. The Hall–Kier alpha value is 0.0969. The summed E-state index contributed by atoms with van der Waals surface area (Å²) in [5, 5.41) is 0. The van der Waals surface area contributed by atoms with Crippen molar-refractivity contribution in [2.45, 2.75) is 59.5 Å². The molecule has 0 amide bonds. The van der Waals surface area contributed by atoms with Crippen molar-refractivity contribution in [2.24, 2.45) is 0 Å². The molecule has 18 heavy (non-hydrogen) atoms. The molecule has 0 rings (SSSR count). The number of hydrogen-bond acceptors (Lipinski definition) is 2. The number of quaternary nitrogens is 1. The van der Waals surface area contributed by atoms with Gasteiger partial charge in [0, 0.05) is 13.2 Å². The summed E-state index contributed by atoms with van der Waals surface area (Å²) in [6, 6.07) is 1.89. The van der Waals surface area contributed by atoms with Gasteiger partial charge in [-0.15, -0.1) is 0 Å². The topological polar surface area (TPSA) is 18.5 Å². The third-order valence-corrected chi connectivity index (χ3v) is 6.57. The minimum atomic E-state index is -1.37. The van der Waals surface area contributed by atoms with Crippen molar-refractivity contribution in [1.82, 2.24) is 0 Å². The molecule has 0 aliphatic rings. The zero-order valence-corrected chi connectivity index (χ0v) is 14.5. The predicted molar refractivity (Wildman–Crippen MR) is 81.2 cm³/mol. The highest BCUT2D eigenvalue weighted by Gasteiger charge is 2.25. The zero-order chi connectivity index (χ0) is 14.0.